The third-order valence-electron chi connectivity index (χ3n) is 1.42. The molecule has 0 spiro atoms. The van der Waals surface area contributed by atoms with Crippen LogP contribution in [-0.4, -0.2) is 17.0 Å². The molecule has 1 N–H and O–H groups in total. The Kier molecular flexibility index (Phi) is 1.18. The van der Waals surface area contributed by atoms with E-state index in [1.165, 1.54) is 12.2 Å². The number of carbonyl (C=O) groups excluding carboxylic acids is 1. The highest BCUT2D eigenvalue weighted by Gasteiger charge is 2.22. The topological polar surface area (TPSA) is 37.3 Å². The Morgan fingerprint density at radius 1 is 1.75 bits per heavy atom. The van der Waals surface area contributed by atoms with Crippen LogP contribution in [-0.2, 0) is 4.79 Å². The maximum absolute atomic E-state index is 10.5. The summed E-state index contributed by atoms with van der Waals surface area (Å²) in [6.07, 6.45) is 2.41. The van der Waals surface area contributed by atoms with Crippen molar-refractivity contribution in [1.82, 2.24) is 0 Å². The molecule has 44 valence electrons. The van der Waals surface area contributed by atoms with Gasteiger partial charge in [-0.2, -0.15) is 0 Å². The van der Waals surface area contributed by atoms with Crippen LogP contribution in [0.5, 0.6) is 0 Å². The first-order valence-corrected chi connectivity index (χ1v) is 2.62. The average Bonchev–Trinajstić information content (AvgIpc) is 1.98. The predicted octanol–water partition coefficient (Wildman–Crippen LogP) is 0.122. The summed E-state index contributed by atoms with van der Waals surface area (Å²) in [5.41, 5.74) is 0. The number of rotatable bonds is 0. The molecule has 1 rings (SSSR count). The summed E-state index contributed by atoms with van der Waals surface area (Å²) in [7, 11) is 0. The van der Waals surface area contributed by atoms with Crippen LogP contribution in [0.2, 0.25) is 0 Å². The lowest BCUT2D eigenvalue weighted by Crippen LogP contribution is -2.15. The monoisotopic (exact) mass is 112 g/mol. The molecule has 0 aromatic carbocycles. The largest absolute Gasteiger partial charge is 0.388 e. The lowest BCUT2D eigenvalue weighted by atomic mass is 10.1. The van der Waals surface area contributed by atoms with E-state index in [0.717, 1.165) is 0 Å². The molecule has 2 atom stereocenters. The van der Waals surface area contributed by atoms with Gasteiger partial charge in [0.2, 0.25) is 0 Å². The van der Waals surface area contributed by atoms with Gasteiger partial charge in [-0.1, -0.05) is 13.0 Å². The zero-order valence-electron chi connectivity index (χ0n) is 4.66. The third kappa shape index (κ3) is 0.670. The molecule has 0 aromatic heterocycles. The molecular weight excluding hydrogens is 104 g/mol. The molecule has 0 amide bonds. The Morgan fingerprint density at radius 3 is 2.50 bits per heavy atom. The van der Waals surface area contributed by atoms with Gasteiger partial charge in [0, 0.05) is 5.92 Å². The van der Waals surface area contributed by atoms with Gasteiger partial charge in [-0.15, -0.1) is 0 Å². The number of hydrogen-bond acceptors (Lipinski definition) is 2. The first kappa shape index (κ1) is 5.51. The van der Waals surface area contributed by atoms with Gasteiger partial charge in [-0.3, -0.25) is 4.79 Å². The maximum atomic E-state index is 10.5. The quantitative estimate of drug-likeness (QED) is 0.483. The maximum Gasteiger partial charge on any atom is 0.161 e. The molecule has 0 bridgehead atoms. The fraction of sp³-hybridized carbons (Fsp3) is 0.500. The van der Waals surface area contributed by atoms with Crippen LogP contribution in [0.25, 0.3) is 0 Å². The van der Waals surface area contributed by atoms with Crippen molar-refractivity contribution in [2.45, 2.75) is 13.0 Å². The van der Waals surface area contributed by atoms with Gasteiger partial charge in [0.05, 0.1) is 6.10 Å². The number of aliphatic hydroxyl groups is 1. The Bertz CT molecular complexity index is 137. The Balaban J connectivity index is 2.69. The number of hydrogen-bond donors (Lipinski definition) is 1. The first-order chi connectivity index (χ1) is 3.72. The van der Waals surface area contributed by atoms with Crippen molar-refractivity contribution in [3.05, 3.63) is 12.2 Å². The van der Waals surface area contributed by atoms with Crippen LogP contribution in [0, 0.1) is 5.92 Å². The van der Waals surface area contributed by atoms with Crippen molar-refractivity contribution in [1.29, 1.82) is 0 Å². The highest BCUT2D eigenvalue weighted by atomic mass is 16.3. The molecule has 0 saturated heterocycles. The molecule has 2 nitrogen and oxygen atoms in total. The van der Waals surface area contributed by atoms with Gasteiger partial charge in [-0.05, 0) is 6.08 Å². The van der Waals surface area contributed by atoms with Gasteiger partial charge in [0.25, 0.3) is 0 Å². The molecular formula is C6H8O2. The van der Waals surface area contributed by atoms with Crippen molar-refractivity contribution in [2.24, 2.45) is 5.92 Å². The third-order valence-corrected chi connectivity index (χ3v) is 1.42. The number of ketones is 1. The van der Waals surface area contributed by atoms with Gasteiger partial charge in [0.1, 0.15) is 0 Å². The van der Waals surface area contributed by atoms with E-state index in [1.807, 2.05) is 0 Å². The molecule has 0 radical (unpaired) electrons. The zero-order valence-corrected chi connectivity index (χ0v) is 4.66. The number of aliphatic hydroxyl groups excluding tert-OH is 1. The van der Waals surface area contributed by atoms with E-state index in [-0.39, 0.29) is 11.7 Å². The number of carbonyl (C=O) groups is 1. The van der Waals surface area contributed by atoms with Crippen molar-refractivity contribution < 1.29 is 9.90 Å². The minimum atomic E-state index is -0.539. The van der Waals surface area contributed by atoms with E-state index >= 15 is 0 Å². The second-order valence-electron chi connectivity index (χ2n) is 2.04. The normalized spacial score (nSPS) is 36.5. The smallest absolute Gasteiger partial charge is 0.161 e. The molecule has 0 fully saturated rings. The van der Waals surface area contributed by atoms with E-state index in [9.17, 15) is 4.79 Å². The van der Waals surface area contributed by atoms with E-state index in [0.29, 0.717) is 0 Å². The summed E-state index contributed by atoms with van der Waals surface area (Å²) >= 11 is 0. The molecule has 0 unspecified atom stereocenters. The Morgan fingerprint density at radius 2 is 2.38 bits per heavy atom. The highest BCUT2D eigenvalue weighted by Crippen LogP contribution is 2.12. The van der Waals surface area contributed by atoms with Gasteiger partial charge >= 0.3 is 0 Å². The lowest BCUT2D eigenvalue weighted by Gasteiger charge is -2.02. The first-order valence-electron chi connectivity index (χ1n) is 2.62. The van der Waals surface area contributed by atoms with E-state index in [4.69, 9.17) is 5.11 Å². The van der Waals surface area contributed by atoms with Crippen LogP contribution >= 0.6 is 0 Å². The molecule has 8 heavy (non-hydrogen) atoms. The zero-order chi connectivity index (χ0) is 6.15. The van der Waals surface area contributed by atoms with Crippen molar-refractivity contribution in [3.63, 3.8) is 0 Å². The standard InChI is InChI=1S/C6H8O2/c1-4-5(7)2-3-6(4)8/h2-5,7H,1H3/t4-,5-/m0/s1. The summed E-state index contributed by atoms with van der Waals surface area (Å²) in [5, 5.41) is 8.86. The van der Waals surface area contributed by atoms with Crippen LogP contribution < -0.4 is 0 Å². The van der Waals surface area contributed by atoms with Gasteiger partial charge in [-0.25, -0.2) is 0 Å². The predicted molar refractivity (Wildman–Crippen MR) is 29.3 cm³/mol. The van der Waals surface area contributed by atoms with E-state index in [1.54, 1.807) is 6.92 Å². The summed E-state index contributed by atoms with van der Waals surface area (Å²) in [5.74, 6) is -0.188. The van der Waals surface area contributed by atoms with Crippen molar-refractivity contribution in [3.8, 4) is 0 Å². The minimum absolute atomic E-state index is 0.0255. The van der Waals surface area contributed by atoms with Crippen LogP contribution in [0.3, 0.4) is 0 Å². The van der Waals surface area contributed by atoms with Crippen molar-refractivity contribution >= 4 is 5.78 Å². The lowest BCUT2D eigenvalue weighted by molar-refractivity contribution is -0.118. The van der Waals surface area contributed by atoms with Gasteiger partial charge in [0.15, 0.2) is 5.78 Å². The average molecular weight is 112 g/mol. The summed E-state index contributed by atoms with van der Waals surface area (Å²) < 4.78 is 0. The SMILES string of the molecule is C[C@@H]1C(=O)C=C[C@@H]1O. The van der Waals surface area contributed by atoms with Crippen LogP contribution in [0.1, 0.15) is 6.92 Å². The molecule has 1 aliphatic rings. The summed E-state index contributed by atoms with van der Waals surface area (Å²) in [6, 6.07) is 0. The number of allylic oxidation sites excluding steroid dienone is 1. The second kappa shape index (κ2) is 1.71. The molecule has 0 aromatic rings. The Labute approximate surface area is 47.8 Å². The summed E-state index contributed by atoms with van der Waals surface area (Å²) in [6.45, 7) is 1.72. The van der Waals surface area contributed by atoms with Crippen LogP contribution in [0.15, 0.2) is 12.2 Å². The minimum Gasteiger partial charge on any atom is -0.388 e. The van der Waals surface area contributed by atoms with Gasteiger partial charge < -0.3 is 5.11 Å². The fourth-order valence-corrected chi connectivity index (χ4v) is 0.680. The molecule has 2 heteroatoms. The van der Waals surface area contributed by atoms with E-state index in [2.05, 4.69) is 0 Å². The summed E-state index contributed by atoms with van der Waals surface area (Å²) in [4.78, 5) is 10.5. The molecule has 1 aliphatic carbocycles. The highest BCUT2D eigenvalue weighted by molar-refractivity contribution is 5.94. The van der Waals surface area contributed by atoms with E-state index < -0.39 is 6.10 Å². The molecule has 0 aliphatic heterocycles. The molecule has 0 heterocycles. The Hall–Kier alpha value is -0.630. The second-order valence-corrected chi connectivity index (χ2v) is 2.04. The van der Waals surface area contributed by atoms with Crippen molar-refractivity contribution in [2.75, 3.05) is 0 Å². The van der Waals surface area contributed by atoms with Crippen LogP contribution in [0.4, 0.5) is 0 Å². The fourth-order valence-electron chi connectivity index (χ4n) is 0.680. The molecule has 0 saturated carbocycles.